The van der Waals surface area contributed by atoms with Crippen LogP contribution in [0.5, 0.6) is 5.75 Å². The molecule has 0 spiro atoms. The second-order valence-corrected chi connectivity index (χ2v) is 7.74. The number of benzene rings is 2. The number of methoxy groups -OCH3 is 1. The van der Waals surface area contributed by atoms with Crippen molar-refractivity contribution >= 4 is 17.9 Å². The average molecular weight is 429 g/mol. The molecule has 1 aliphatic heterocycles. The Kier molecular flexibility index (Phi) is 8.00. The van der Waals surface area contributed by atoms with Gasteiger partial charge in [-0.2, -0.15) is 0 Å². The zero-order chi connectivity index (χ0) is 22.2. The Morgan fingerprint density at radius 2 is 1.81 bits per heavy atom. The van der Waals surface area contributed by atoms with E-state index in [-0.39, 0.29) is 11.7 Å². The molecule has 1 fully saturated rings. The molecular weight excluding hydrogens is 399 g/mol. The first-order chi connectivity index (χ1) is 15.0. The molecule has 7 heteroatoms. The monoisotopic (exact) mass is 428 g/mol. The van der Waals surface area contributed by atoms with E-state index in [1.54, 1.807) is 30.2 Å². The van der Waals surface area contributed by atoms with E-state index in [0.717, 1.165) is 17.7 Å². The molecule has 0 aliphatic carbocycles. The second kappa shape index (κ2) is 10.9. The predicted octanol–water partition coefficient (Wildman–Crippen LogP) is 2.68. The number of halogens is 1. The molecule has 0 unspecified atom stereocenters. The van der Waals surface area contributed by atoms with Crippen molar-refractivity contribution in [3.63, 3.8) is 0 Å². The molecule has 1 N–H and O–H groups in total. The van der Waals surface area contributed by atoms with Gasteiger partial charge in [-0.05, 0) is 49.1 Å². The molecule has 0 bridgehead atoms. The lowest BCUT2D eigenvalue weighted by molar-refractivity contribution is -0.142. The van der Waals surface area contributed by atoms with Gasteiger partial charge < -0.3 is 24.4 Å². The van der Waals surface area contributed by atoms with Gasteiger partial charge in [0, 0.05) is 26.2 Å². The number of ether oxygens (including phenoxy) is 1. The first-order valence-electron chi connectivity index (χ1n) is 10.6. The predicted molar refractivity (Wildman–Crippen MR) is 117 cm³/mol. The molecule has 31 heavy (non-hydrogen) atoms. The molecule has 166 valence electrons. The van der Waals surface area contributed by atoms with Gasteiger partial charge >= 0.3 is 0 Å². The number of aliphatic hydroxyl groups is 1. The molecule has 0 aromatic heterocycles. The average Bonchev–Trinajstić information content (AvgIpc) is 2.82. The van der Waals surface area contributed by atoms with Gasteiger partial charge in [-0.3, -0.25) is 4.79 Å². The quantitative estimate of drug-likeness (QED) is 0.622. The number of aryl methyl sites for hydroxylation is 1. The van der Waals surface area contributed by atoms with Crippen molar-refractivity contribution in [3.05, 3.63) is 59.9 Å². The summed E-state index contributed by atoms with van der Waals surface area (Å²) in [5, 5.41) is 10.2. The lowest BCUT2D eigenvalue weighted by Gasteiger charge is -2.38. The SMILES string of the molecule is COc1ccc(CCC[C@@H](C(=O)N2CCN(c3ccccc3F)CC2)[C@H](O)C=O)cc1. The molecule has 3 rings (SSSR count). The van der Waals surface area contributed by atoms with Crippen LogP contribution in [0.1, 0.15) is 18.4 Å². The van der Waals surface area contributed by atoms with Crippen LogP contribution in [0.25, 0.3) is 0 Å². The number of aldehydes is 1. The highest BCUT2D eigenvalue weighted by Gasteiger charge is 2.32. The minimum atomic E-state index is -1.33. The van der Waals surface area contributed by atoms with Gasteiger partial charge in [0.1, 0.15) is 24.0 Å². The van der Waals surface area contributed by atoms with Crippen LogP contribution in [0.2, 0.25) is 0 Å². The van der Waals surface area contributed by atoms with Crippen LogP contribution in [0.4, 0.5) is 10.1 Å². The number of aliphatic hydroxyl groups excluding tert-OH is 1. The van der Waals surface area contributed by atoms with Crippen molar-refractivity contribution in [3.8, 4) is 5.75 Å². The van der Waals surface area contributed by atoms with E-state index in [1.807, 2.05) is 29.2 Å². The van der Waals surface area contributed by atoms with Crippen LogP contribution in [0.15, 0.2) is 48.5 Å². The fourth-order valence-electron chi connectivity index (χ4n) is 3.96. The Balaban J connectivity index is 1.55. The summed E-state index contributed by atoms with van der Waals surface area (Å²) in [6.45, 7) is 1.85. The summed E-state index contributed by atoms with van der Waals surface area (Å²) in [6, 6.07) is 14.3. The Bertz CT molecular complexity index is 866. The number of hydrogen-bond acceptors (Lipinski definition) is 5. The zero-order valence-electron chi connectivity index (χ0n) is 17.7. The van der Waals surface area contributed by atoms with Crippen molar-refractivity contribution in [1.82, 2.24) is 4.90 Å². The van der Waals surface area contributed by atoms with E-state index in [2.05, 4.69) is 0 Å². The van der Waals surface area contributed by atoms with Gasteiger partial charge in [0.25, 0.3) is 0 Å². The van der Waals surface area contributed by atoms with E-state index in [4.69, 9.17) is 4.74 Å². The molecule has 0 radical (unpaired) electrons. The summed E-state index contributed by atoms with van der Waals surface area (Å²) in [5.41, 5.74) is 1.63. The molecule has 1 heterocycles. The lowest BCUT2D eigenvalue weighted by atomic mass is 9.93. The Hall–Kier alpha value is -2.93. The Labute approximate surface area is 182 Å². The number of rotatable bonds is 9. The van der Waals surface area contributed by atoms with Crippen molar-refractivity contribution in [1.29, 1.82) is 0 Å². The molecule has 2 aromatic carbocycles. The number of carbonyl (C=O) groups excluding carboxylic acids is 2. The number of nitrogens with zero attached hydrogens (tertiary/aromatic N) is 2. The van der Waals surface area contributed by atoms with Gasteiger partial charge in [-0.1, -0.05) is 24.3 Å². The summed E-state index contributed by atoms with van der Waals surface area (Å²) in [7, 11) is 1.61. The lowest BCUT2D eigenvalue weighted by Crippen LogP contribution is -2.52. The van der Waals surface area contributed by atoms with Crippen LogP contribution in [0.3, 0.4) is 0 Å². The van der Waals surface area contributed by atoms with Gasteiger partial charge in [0.15, 0.2) is 0 Å². The molecule has 1 saturated heterocycles. The third-order valence-electron chi connectivity index (χ3n) is 5.79. The van der Waals surface area contributed by atoms with E-state index >= 15 is 0 Å². The van der Waals surface area contributed by atoms with Crippen LogP contribution < -0.4 is 9.64 Å². The summed E-state index contributed by atoms with van der Waals surface area (Å²) in [6.07, 6.45) is 0.931. The second-order valence-electron chi connectivity index (χ2n) is 7.74. The first-order valence-corrected chi connectivity index (χ1v) is 10.6. The maximum Gasteiger partial charge on any atom is 0.228 e. The smallest absolute Gasteiger partial charge is 0.228 e. The highest BCUT2D eigenvalue weighted by Crippen LogP contribution is 2.23. The number of para-hydroxylation sites is 1. The van der Waals surface area contributed by atoms with E-state index in [1.165, 1.54) is 6.07 Å². The van der Waals surface area contributed by atoms with Crippen LogP contribution in [0, 0.1) is 11.7 Å². The van der Waals surface area contributed by atoms with Gasteiger partial charge in [-0.15, -0.1) is 0 Å². The number of anilines is 1. The van der Waals surface area contributed by atoms with Crippen molar-refractivity contribution in [2.24, 2.45) is 5.92 Å². The molecular formula is C24H29FN2O4. The minimum absolute atomic E-state index is 0.220. The van der Waals surface area contributed by atoms with E-state index in [0.29, 0.717) is 51.0 Å². The van der Waals surface area contributed by atoms with Crippen molar-refractivity contribution < 1.29 is 23.8 Å². The topological polar surface area (TPSA) is 70.1 Å². The highest BCUT2D eigenvalue weighted by molar-refractivity contribution is 5.83. The van der Waals surface area contributed by atoms with Crippen LogP contribution in [-0.4, -0.2) is 61.6 Å². The molecule has 6 nitrogen and oxygen atoms in total. The van der Waals surface area contributed by atoms with Crippen LogP contribution in [-0.2, 0) is 16.0 Å². The standard InChI is InChI=1S/C24H29FN2O4/c1-31-19-11-9-18(10-12-19)5-4-6-20(23(29)17-28)24(30)27-15-13-26(14-16-27)22-8-3-2-7-21(22)25/h2-3,7-12,17,20,23,29H,4-6,13-16H2,1H3/t20-,23-/m1/s1. The van der Waals surface area contributed by atoms with Gasteiger partial charge in [0.05, 0.1) is 18.7 Å². The number of carbonyl (C=O) groups is 2. The van der Waals surface area contributed by atoms with Gasteiger partial charge in [0.2, 0.25) is 5.91 Å². The maximum atomic E-state index is 14.0. The minimum Gasteiger partial charge on any atom is -0.497 e. The third kappa shape index (κ3) is 5.82. The molecule has 2 aromatic rings. The molecule has 2 atom stereocenters. The first kappa shape index (κ1) is 22.7. The third-order valence-corrected chi connectivity index (χ3v) is 5.79. The maximum absolute atomic E-state index is 14.0. The van der Waals surface area contributed by atoms with Gasteiger partial charge in [-0.25, -0.2) is 4.39 Å². The number of amides is 1. The summed E-state index contributed by atoms with van der Waals surface area (Å²) in [5.74, 6) is -0.490. The highest BCUT2D eigenvalue weighted by atomic mass is 19.1. The number of piperazine rings is 1. The zero-order valence-corrected chi connectivity index (χ0v) is 17.7. The Morgan fingerprint density at radius 3 is 2.42 bits per heavy atom. The largest absolute Gasteiger partial charge is 0.497 e. The van der Waals surface area contributed by atoms with Crippen molar-refractivity contribution in [2.45, 2.75) is 25.4 Å². The molecule has 1 amide bonds. The fourth-order valence-corrected chi connectivity index (χ4v) is 3.96. The van der Waals surface area contributed by atoms with Crippen LogP contribution >= 0.6 is 0 Å². The molecule has 0 saturated carbocycles. The Morgan fingerprint density at radius 1 is 1.13 bits per heavy atom. The fraction of sp³-hybridized carbons (Fsp3) is 0.417. The van der Waals surface area contributed by atoms with E-state index in [9.17, 15) is 19.1 Å². The van der Waals surface area contributed by atoms with E-state index < -0.39 is 12.0 Å². The van der Waals surface area contributed by atoms with Crippen molar-refractivity contribution in [2.75, 3.05) is 38.2 Å². The summed E-state index contributed by atoms with van der Waals surface area (Å²) >= 11 is 0. The summed E-state index contributed by atoms with van der Waals surface area (Å²) < 4.78 is 19.2. The number of hydrogen-bond donors (Lipinski definition) is 1. The molecule has 1 aliphatic rings. The summed E-state index contributed by atoms with van der Waals surface area (Å²) in [4.78, 5) is 27.8. The normalized spacial score (nSPS) is 16.0.